The highest BCUT2D eigenvalue weighted by atomic mass is 35.5. The SMILES string of the molecule is Cl.NCCC1CCCN(C(=O)c2cc(F)c(Cl)cc2F)C1. The lowest BCUT2D eigenvalue weighted by Gasteiger charge is -2.32. The van der Waals surface area contributed by atoms with Crippen LogP contribution in [-0.2, 0) is 0 Å². The summed E-state index contributed by atoms with van der Waals surface area (Å²) in [5.41, 5.74) is 5.26. The zero-order valence-corrected chi connectivity index (χ0v) is 13.0. The molecule has 2 N–H and O–H groups in total. The largest absolute Gasteiger partial charge is 0.338 e. The Morgan fingerprint density at radius 3 is 2.76 bits per heavy atom. The van der Waals surface area contributed by atoms with Gasteiger partial charge in [0.15, 0.2) is 0 Å². The molecule has 21 heavy (non-hydrogen) atoms. The standard InChI is InChI=1S/C14H17ClF2N2O.ClH/c15-11-7-12(16)10(6-13(11)17)14(20)19-5-1-2-9(8-19)3-4-18;/h6-7,9H,1-5,8,18H2;1H. The van der Waals surface area contributed by atoms with Gasteiger partial charge in [-0.2, -0.15) is 0 Å². The van der Waals surface area contributed by atoms with Crippen molar-refractivity contribution in [1.82, 2.24) is 4.90 Å². The second-order valence-electron chi connectivity index (χ2n) is 5.08. The number of hydrogen-bond acceptors (Lipinski definition) is 2. The van der Waals surface area contributed by atoms with Gasteiger partial charge in [-0.15, -0.1) is 12.4 Å². The van der Waals surface area contributed by atoms with Crippen LogP contribution in [0, 0.1) is 17.6 Å². The third-order valence-electron chi connectivity index (χ3n) is 3.62. The molecule has 7 heteroatoms. The van der Waals surface area contributed by atoms with E-state index in [2.05, 4.69) is 0 Å². The van der Waals surface area contributed by atoms with Gasteiger partial charge in [0, 0.05) is 13.1 Å². The number of nitrogens with two attached hydrogens (primary N) is 1. The minimum Gasteiger partial charge on any atom is -0.338 e. The molecule has 1 unspecified atom stereocenters. The lowest BCUT2D eigenvalue weighted by Crippen LogP contribution is -2.40. The second-order valence-corrected chi connectivity index (χ2v) is 5.49. The summed E-state index contributed by atoms with van der Waals surface area (Å²) >= 11 is 5.49. The third-order valence-corrected chi connectivity index (χ3v) is 3.91. The number of nitrogens with zero attached hydrogens (tertiary/aromatic N) is 1. The van der Waals surface area contributed by atoms with E-state index in [1.54, 1.807) is 4.90 Å². The van der Waals surface area contributed by atoms with E-state index in [0.29, 0.717) is 25.6 Å². The van der Waals surface area contributed by atoms with E-state index in [4.69, 9.17) is 17.3 Å². The summed E-state index contributed by atoms with van der Waals surface area (Å²) in [6, 6.07) is 1.71. The van der Waals surface area contributed by atoms with Crippen molar-refractivity contribution in [2.24, 2.45) is 11.7 Å². The van der Waals surface area contributed by atoms with Gasteiger partial charge >= 0.3 is 0 Å². The van der Waals surface area contributed by atoms with Crippen LogP contribution in [0.5, 0.6) is 0 Å². The first kappa shape index (κ1) is 18.1. The van der Waals surface area contributed by atoms with Gasteiger partial charge in [0.25, 0.3) is 5.91 Å². The van der Waals surface area contributed by atoms with Crippen molar-refractivity contribution in [2.45, 2.75) is 19.3 Å². The average Bonchev–Trinajstić information content (AvgIpc) is 2.43. The molecule has 1 aliphatic rings. The monoisotopic (exact) mass is 338 g/mol. The summed E-state index contributed by atoms with van der Waals surface area (Å²) in [6.07, 6.45) is 2.70. The van der Waals surface area contributed by atoms with Gasteiger partial charge in [-0.05, 0) is 43.9 Å². The van der Waals surface area contributed by atoms with Gasteiger partial charge in [-0.1, -0.05) is 11.6 Å². The van der Waals surface area contributed by atoms with Gasteiger partial charge in [-0.3, -0.25) is 4.79 Å². The zero-order valence-electron chi connectivity index (χ0n) is 11.4. The summed E-state index contributed by atoms with van der Waals surface area (Å²) in [5.74, 6) is -1.73. The number of carbonyl (C=O) groups excluding carboxylic acids is 1. The predicted molar refractivity (Wildman–Crippen MR) is 80.9 cm³/mol. The van der Waals surface area contributed by atoms with Crippen molar-refractivity contribution in [3.8, 4) is 0 Å². The molecule has 1 atom stereocenters. The Balaban J connectivity index is 0.00000220. The van der Waals surface area contributed by atoms with E-state index in [0.717, 1.165) is 31.4 Å². The smallest absolute Gasteiger partial charge is 0.256 e. The summed E-state index contributed by atoms with van der Waals surface area (Å²) in [4.78, 5) is 13.8. The first-order chi connectivity index (χ1) is 9.52. The van der Waals surface area contributed by atoms with Crippen molar-refractivity contribution in [3.63, 3.8) is 0 Å². The van der Waals surface area contributed by atoms with E-state index >= 15 is 0 Å². The lowest BCUT2D eigenvalue weighted by molar-refractivity contribution is 0.0664. The molecule has 0 spiro atoms. The molecule has 2 rings (SSSR count). The first-order valence-electron chi connectivity index (χ1n) is 6.66. The first-order valence-corrected chi connectivity index (χ1v) is 7.04. The Morgan fingerprint density at radius 1 is 1.38 bits per heavy atom. The van der Waals surface area contributed by atoms with Crippen molar-refractivity contribution in [3.05, 3.63) is 34.4 Å². The molecule has 118 valence electrons. The maximum absolute atomic E-state index is 13.8. The van der Waals surface area contributed by atoms with Gasteiger partial charge in [-0.25, -0.2) is 8.78 Å². The highest BCUT2D eigenvalue weighted by molar-refractivity contribution is 6.30. The van der Waals surface area contributed by atoms with Crippen LogP contribution in [0.4, 0.5) is 8.78 Å². The van der Waals surface area contributed by atoms with Gasteiger partial charge in [0.1, 0.15) is 11.6 Å². The molecule has 1 aromatic carbocycles. The van der Waals surface area contributed by atoms with Gasteiger partial charge < -0.3 is 10.6 Å². The fourth-order valence-electron chi connectivity index (χ4n) is 2.58. The fraction of sp³-hybridized carbons (Fsp3) is 0.500. The van der Waals surface area contributed by atoms with Crippen molar-refractivity contribution < 1.29 is 13.6 Å². The molecule has 1 aliphatic heterocycles. The molecule has 1 heterocycles. The Hall–Kier alpha value is -0.910. The maximum Gasteiger partial charge on any atom is 0.256 e. The number of halogens is 4. The summed E-state index contributed by atoms with van der Waals surface area (Å²) in [7, 11) is 0. The van der Waals surface area contributed by atoms with Crippen LogP contribution >= 0.6 is 24.0 Å². The Bertz CT molecular complexity index is 512. The molecule has 0 aliphatic carbocycles. The topological polar surface area (TPSA) is 46.3 Å². The fourth-order valence-corrected chi connectivity index (χ4v) is 2.73. The van der Waals surface area contributed by atoms with Crippen LogP contribution < -0.4 is 5.73 Å². The highest BCUT2D eigenvalue weighted by Crippen LogP contribution is 2.24. The van der Waals surface area contributed by atoms with E-state index < -0.39 is 17.5 Å². The van der Waals surface area contributed by atoms with Crippen molar-refractivity contribution in [1.29, 1.82) is 0 Å². The number of piperidine rings is 1. The molecule has 1 aromatic rings. The minimum absolute atomic E-state index is 0. The number of likely N-dealkylation sites (tertiary alicyclic amines) is 1. The number of benzene rings is 1. The number of carbonyl (C=O) groups is 1. The highest BCUT2D eigenvalue weighted by Gasteiger charge is 2.26. The minimum atomic E-state index is -0.789. The molecule has 1 fully saturated rings. The normalized spacial score (nSPS) is 18.3. The van der Waals surface area contributed by atoms with Gasteiger partial charge in [0.2, 0.25) is 0 Å². The molecule has 0 radical (unpaired) electrons. The zero-order chi connectivity index (χ0) is 14.7. The summed E-state index contributed by atoms with van der Waals surface area (Å²) in [5, 5.41) is -0.321. The second kappa shape index (κ2) is 7.92. The predicted octanol–water partition coefficient (Wildman–Crippen LogP) is 3.24. The molecule has 0 aromatic heterocycles. The van der Waals surface area contributed by atoms with Crippen LogP contribution in [0.15, 0.2) is 12.1 Å². The van der Waals surface area contributed by atoms with Crippen LogP contribution in [0.2, 0.25) is 5.02 Å². The van der Waals surface area contributed by atoms with E-state index in [-0.39, 0.29) is 23.0 Å². The van der Waals surface area contributed by atoms with Crippen LogP contribution in [0.3, 0.4) is 0 Å². The number of rotatable bonds is 3. The van der Waals surface area contributed by atoms with Crippen LogP contribution in [0.1, 0.15) is 29.6 Å². The third kappa shape index (κ3) is 4.28. The Labute approximate surface area is 133 Å². The molecular formula is C14H18Cl2F2N2O. The molecular weight excluding hydrogens is 321 g/mol. The molecule has 0 saturated carbocycles. The average molecular weight is 339 g/mol. The van der Waals surface area contributed by atoms with Crippen LogP contribution in [-0.4, -0.2) is 30.4 Å². The molecule has 1 amide bonds. The maximum atomic E-state index is 13.8. The van der Waals surface area contributed by atoms with E-state index in [9.17, 15) is 13.6 Å². The quantitative estimate of drug-likeness (QED) is 0.860. The summed E-state index contributed by atoms with van der Waals surface area (Å²) in [6.45, 7) is 1.67. The number of hydrogen-bond donors (Lipinski definition) is 1. The number of amides is 1. The van der Waals surface area contributed by atoms with Crippen LogP contribution in [0.25, 0.3) is 0 Å². The van der Waals surface area contributed by atoms with E-state index in [1.807, 2.05) is 0 Å². The van der Waals surface area contributed by atoms with Crippen molar-refractivity contribution >= 4 is 29.9 Å². The lowest BCUT2D eigenvalue weighted by atomic mass is 9.94. The Morgan fingerprint density at radius 2 is 2.10 bits per heavy atom. The van der Waals surface area contributed by atoms with Crippen molar-refractivity contribution in [2.75, 3.05) is 19.6 Å². The summed E-state index contributed by atoms with van der Waals surface area (Å²) < 4.78 is 27.2. The molecule has 3 nitrogen and oxygen atoms in total. The molecule has 0 bridgehead atoms. The van der Waals surface area contributed by atoms with E-state index in [1.165, 1.54) is 0 Å². The van der Waals surface area contributed by atoms with Gasteiger partial charge in [0.05, 0.1) is 10.6 Å². The molecule has 1 saturated heterocycles. The Kier molecular flexibility index (Phi) is 6.84.